The van der Waals surface area contributed by atoms with Gasteiger partial charge in [0.15, 0.2) is 0 Å². The van der Waals surface area contributed by atoms with E-state index in [-0.39, 0.29) is 24.0 Å². The first-order chi connectivity index (χ1) is 21.0. The fraction of sp³-hybridized carbons (Fsp3) is 0.611. The zero-order valence-electron chi connectivity index (χ0n) is 26.1. The molecule has 2 aliphatic heterocycles. The first-order valence-electron chi connectivity index (χ1n) is 16.9. The Morgan fingerprint density at radius 3 is 2.26 bits per heavy atom. The van der Waals surface area contributed by atoms with Gasteiger partial charge in [-0.15, -0.1) is 0 Å². The normalized spacial score (nSPS) is 23.2. The monoisotopic (exact) mass is 588 g/mol. The Morgan fingerprint density at radius 2 is 1.60 bits per heavy atom. The summed E-state index contributed by atoms with van der Waals surface area (Å²) >= 11 is 0. The molecule has 43 heavy (non-hydrogen) atoms. The lowest BCUT2D eigenvalue weighted by atomic mass is 9.83. The Labute approximate surface area is 258 Å². The van der Waals surface area contributed by atoms with Crippen molar-refractivity contribution in [1.82, 2.24) is 20.0 Å². The molecule has 7 heteroatoms. The Balaban J connectivity index is 1.21. The Bertz CT molecular complexity index is 1130. The van der Waals surface area contributed by atoms with Crippen LogP contribution in [-0.2, 0) is 11.3 Å². The van der Waals surface area contributed by atoms with Crippen LogP contribution in [0.2, 0.25) is 0 Å². The summed E-state index contributed by atoms with van der Waals surface area (Å²) in [6.07, 6.45) is 9.66. The average Bonchev–Trinajstić information content (AvgIpc) is 3.45. The molecule has 0 aromatic heterocycles. The van der Waals surface area contributed by atoms with Gasteiger partial charge in [-0.25, -0.2) is 4.79 Å². The number of carbonyl (C=O) groups is 2. The van der Waals surface area contributed by atoms with E-state index >= 15 is 0 Å². The number of urea groups is 1. The van der Waals surface area contributed by atoms with Gasteiger partial charge < -0.3 is 20.2 Å². The molecular weight excluding hydrogens is 536 g/mol. The summed E-state index contributed by atoms with van der Waals surface area (Å²) in [5.41, 5.74) is 2.45. The fourth-order valence-corrected chi connectivity index (χ4v) is 7.90. The minimum absolute atomic E-state index is 0.0498. The molecule has 234 valence electrons. The molecule has 3 fully saturated rings. The molecule has 0 unspecified atom stereocenters. The van der Waals surface area contributed by atoms with Crippen molar-refractivity contribution in [2.24, 2.45) is 11.8 Å². The van der Waals surface area contributed by atoms with Crippen molar-refractivity contribution in [2.45, 2.75) is 89.3 Å². The minimum Gasteiger partial charge on any atom is -0.480 e. The van der Waals surface area contributed by atoms with Crippen LogP contribution in [0.15, 0.2) is 60.7 Å². The molecule has 0 spiro atoms. The second-order valence-corrected chi connectivity index (χ2v) is 13.1. The highest BCUT2D eigenvalue weighted by atomic mass is 16.4. The Kier molecular flexibility index (Phi) is 11.5. The van der Waals surface area contributed by atoms with Gasteiger partial charge in [-0.05, 0) is 55.1 Å². The number of benzene rings is 2. The lowest BCUT2D eigenvalue weighted by molar-refractivity contribution is -0.145. The number of amides is 2. The zero-order chi connectivity index (χ0) is 30.0. The van der Waals surface area contributed by atoms with Crippen molar-refractivity contribution in [1.29, 1.82) is 0 Å². The Morgan fingerprint density at radius 1 is 0.930 bits per heavy atom. The number of hydrogen-bond acceptors (Lipinski definition) is 4. The van der Waals surface area contributed by atoms with Crippen molar-refractivity contribution in [3.8, 4) is 0 Å². The quantitative estimate of drug-likeness (QED) is 0.308. The van der Waals surface area contributed by atoms with E-state index in [0.29, 0.717) is 18.4 Å². The molecule has 2 saturated heterocycles. The van der Waals surface area contributed by atoms with E-state index in [1.807, 2.05) is 18.2 Å². The molecule has 2 heterocycles. The molecule has 5 rings (SSSR count). The maximum atomic E-state index is 13.3. The maximum absolute atomic E-state index is 13.3. The summed E-state index contributed by atoms with van der Waals surface area (Å²) in [5, 5.41) is 13.5. The average molecular weight is 589 g/mol. The molecule has 2 aromatic rings. The van der Waals surface area contributed by atoms with Crippen LogP contribution in [-0.4, -0.2) is 83.2 Å². The van der Waals surface area contributed by atoms with Crippen molar-refractivity contribution in [2.75, 3.05) is 39.3 Å². The van der Waals surface area contributed by atoms with E-state index in [4.69, 9.17) is 0 Å². The molecule has 0 radical (unpaired) electrons. The highest BCUT2D eigenvalue weighted by molar-refractivity contribution is 5.74. The van der Waals surface area contributed by atoms with Crippen LogP contribution < -0.4 is 5.32 Å². The SMILES string of the molecule is CCCCN(C(=O)NCc1ccccc1)C1CCN(C[C@H]2CN([C@@H](C(=O)O)C3CCCCC3)C[C@@H]2c2ccccc2)CC1. The summed E-state index contributed by atoms with van der Waals surface area (Å²) < 4.78 is 0. The van der Waals surface area contributed by atoms with E-state index < -0.39 is 5.97 Å². The van der Waals surface area contributed by atoms with Gasteiger partial charge in [-0.2, -0.15) is 0 Å². The predicted molar refractivity (Wildman–Crippen MR) is 172 cm³/mol. The van der Waals surface area contributed by atoms with Crippen molar-refractivity contribution < 1.29 is 14.7 Å². The molecule has 3 atom stereocenters. The summed E-state index contributed by atoms with van der Waals surface area (Å²) in [4.78, 5) is 32.9. The number of aliphatic carboxylic acids is 1. The predicted octanol–water partition coefficient (Wildman–Crippen LogP) is 6.21. The van der Waals surface area contributed by atoms with E-state index in [2.05, 4.69) is 69.4 Å². The van der Waals surface area contributed by atoms with Crippen LogP contribution in [0.5, 0.6) is 0 Å². The highest BCUT2D eigenvalue weighted by Crippen LogP contribution is 2.38. The first kappa shape index (κ1) is 31.5. The molecular formula is C36H52N4O3. The fourth-order valence-electron chi connectivity index (χ4n) is 7.90. The number of piperidine rings is 1. The molecule has 0 bridgehead atoms. The van der Waals surface area contributed by atoms with Crippen LogP contribution in [0.4, 0.5) is 4.79 Å². The van der Waals surface area contributed by atoms with E-state index in [0.717, 1.165) is 96.2 Å². The summed E-state index contributed by atoms with van der Waals surface area (Å²) in [5.74, 6) is 0.362. The Hall–Kier alpha value is -2.90. The molecule has 1 saturated carbocycles. The van der Waals surface area contributed by atoms with Gasteiger partial charge in [-0.3, -0.25) is 9.69 Å². The van der Waals surface area contributed by atoms with E-state index in [9.17, 15) is 14.7 Å². The summed E-state index contributed by atoms with van der Waals surface area (Å²) in [6, 6.07) is 20.8. The molecule has 2 amide bonds. The third-order valence-electron chi connectivity index (χ3n) is 10.2. The number of hydrogen-bond donors (Lipinski definition) is 2. The number of carboxylic acid groups (broad SMARTS) is 1. The van der Waals surface area contributed by atoms with Crippen LogP contribution in [0.25, 0.3) is 0 Å². The van der Waals surface area contributed by atoms with Crippen LogP contribution in [0.1, 0.15) is 81.8 Å². The molecule has 1 aliphatic carbocycles. The zero-order valence-corrected chi connectivity index (χ0v) is 26.1. The van der Waals surface area contributed by atoms with Crippen molar-refractivity contribution >= 4 is 12.0 Å². The molecule has 2 aromatic carbocycles. The van der Waals surface area contributed by atoms with Crippen LogP contribution >= 0.6 is 0 Å². The van der Waals surface area contributed by atoms with Crippen molar-refractivity contribution in [3.05, 3.63) is 71.8 Å². The van der Waals surface area contributed by atoms with Crippen LogP contribution in [0.3, 0.4) is 0 Å². The first-order valence-corrected chi connectivity index (χ1v) is 16.9. The summed E-state index contributed by atoms with van der Waals surface area (Å²) in [6.45, 7) is 8.13. The molecule has 7 nitrogen and oxygen atoms in total. The third kappa shape index (κ3) is 8.39. The second kappa shape index (κ2) is 15.7. The molecule has 3 aliphatic rings. The lowest BCUT2D eigenvalue weighted by Crippen LogP contribution is -2.51. The molecule has 2 N–H and O–H groups in total. The number of carboxylic acids is 1. The minimum atomic E-state index is -0.641. The van der Waals surface area contributed by atoms with Gasteiger partial charge in [0.1, 0.15) is 6.04 Å². The number of nitrogens with zero attached hydrogens (tertiary/aromatic N) is 3. The van der Waals surface area contributed by atoms with E-state index in [1.165, 1.54) is 12.0 Å². The maximum Gasteiger partial charge on any atom is 0.321 e. The topological polar surface area (TPSA) is 76.1 Å². The van der Waals surface area contributed by atoms with Gasteiger partial charge >= 0.3 is 12.0 Å². The van der Waals surface area contributed by atoms with Gasteiger partial charge in [-0.1, -0.05) is 93.3 Å². The summed E-state index contributed by atoms with van der Waals surface area (Å²) in [7, 11) is 0. The largest absolute Gasteiger partial charge is 0.480 e. The van der Waals surface area contributed by atoms with Gasteiger partial charge in [0, 0.05) is 57.8 Å². The standard InChI is InChI=1S/C36H52N4O3/c1-2-3-21-40(36(43)37-24-28-13-7-4-8-14-28)32-19-22-38(23-20-32)25-31-26-39(27-33(31)29-15-9-5-10-16-29)34(35(41)42)30-17-11-6-12-18-30/h4-5,7-10,13-16,30-34H,2-3,6,11-12,17-27H2,1H3,(H,37,43)(H,41,42)/t31-,33+,34+/m0/s1. The van der Waals surface area contributed by atoms with E-state index in [1.54, 1.807) is 0 Å². The van der Waals surface area contributed by atoms with Crippen LogP contribution in [0, 0.1) is 11.8 Å². The third-order valence-corrected chi connectivity index (χ3v) is 10.2. The second-order valence-electron chi connectivity index (χ2n) is 13.1. The van der Waals surface area contributed by atoms with Gasteiger partial charge in [0.25, 0.3) is 0 Å². The highest BCUT2D eigenvalue weighted by Gasteiger charge is 2.43. The number of nitrogens with one attached hydrogen (secondary N) is 1. The van der Waals surface area contributed by atoms with Gasteiger partial charge in [0.05, 0.1) is 0 Å². The number of unbranched alkanes of at least 4 members (excludes halogenated alkanes) is 1. The smallest absolute Gasteiger partial charge is 0.321 e. The lowest BCUT2D eigenvalue weighted by Gasteiger charge is -2.40. The number of carbonyl (C=O) groups excluding carboxylic acids is 1. The van der Waals surface area contributed by atoms with Gasteiger partial charge in [0.2, 0.25) is 0 Å². The number of likely N-dealkylation sites (tertiary alicyclic amines) is 2. The number of rotatable bonds is 12. The van der Waals surface area contributed by atoms with Crippen molar-refractivity contribution in [3.63, 3.8) is 0 Å².